The minimum Gasteiger partial charge on any atom is -0.479 e. The van der Waals surface area contributed by atoms with E-state index < -0.39 is 42.6 Å². The van der Waals surface area contributed by atoms with Gasteiger partial charge in [-0.25, -0.2) is 4.79 Å². The number of carbonyl (C=O) groups excluding carboxylic acids is 1. The summed E-state index contributed by atoms with van der Waals surface area (Å²) in [4.78, 5) is 21.7. The lowest BCUT2D eigenvalue weighted by Crippen LogP contribution is -2.61. The summed E-state index contributed by atoms with van der Waals surface area (Å²) in [7, 11) is 1.19. The predicted molar refractivity (Wildman–Crippen MR) is 50.9 cm³/mol. The molecule has 1 fully saturated rings. The van der Waals surface area contributed by atoms with Crippen LogP contribution in [0.25, 0.3) is 0 Å². The maximum atomic E-state index is 10.9. The Bertz CT molecular complexity index is 303. The number of hydrogen-bond acceptors (Lipinski definition) is 7. The Kier molecular flexibility index (Phi) is 4.40. The molecule has 1 rings (SSSR count). The van der Waals surface area contributed by atoms with Gasteiger partial charge in [0.25, 0.3) is 0 Å². The first-order chi connectivity index (χ1) is 7.88. The van der Waals surface area contributed by atoms with Crippen molar-refractivity contribution < 1.29 is 39.1 Å². The van der Waals surface area contributed by atoms with E-state index in [2.05, 4.69) is 4.74 Å². The number of carboxylic acid groups (broad SMARTS) is 1. The second kappa shape index (κ2) is 5.41. The molecule has 8 nitrogen and oxygen atoms in total. The minimum absolute atomic E-state index is 0.727. The molecular formula is C9H14O8. The number of hydrogen-bond donors (Lipinski definition) is 3. The predicted octanol–water partition coefficient (Wildman–Crippen LogP) is -1.90. The van der Waals surface area contributed by atoms with Gasteiger partial charge in [-0.05, 0) is 0 Å². The average Bonchev–Trinajstić information content (AvgIpc) is 2.23. The van der Waals surface area contributed by atoms with Crippen molar-refractivity contribution in [3.8, 4) is 0 Å². The smallest absolute Gasteiger partial charge is 0.335 e. The van der Waals surface area contributed by atoms with Crippen LogP contribution >= 0.6 is 0 Å². The zero-order valence-corrected chi connectivity index (χ0v) is 9.27. The molecule has 0 spiro atoms. The van der Waals surface area contributed by atoms with Gasteiger partial charge in [0, 0.05) is 14.0 Å². The van der Waals surface area contributed by atoms with Crippen molar-refractivity contribution in [3.63, 3.8) is 0 Å². The first kappa shape index (κ1) is 13.8. The summed E-state index contributed by atoms with van der Waals surface area (Å²) < 4.78 is 14.2. The van der Waals surface area contributed by atoms with Crippen molar-refractivity contribution in [1.82, 2.24) is 0 Å². The van der Waals surface area contributed by atoms with Crippen molar-refractivity contribution in [1.29, 1.82) is 0 Å². The van der Waals surface area contributed by atoms with E-state index >= 15 is 0 Å². The number of esters is 1. The quantitative estimate of drug-likeness (QED) is 0.496. The van der Waals surface area contributed by atoms with Crippen molar-refractivity contribution in [3.05, 3.63) is 0 Å². The van der Waals surface area contributed by atoms with E-state index in [9.17, 15) is 19.8 Å². The van der Waals surface area contributed by atoms with Crippen LogP contribution in [0.2, 0.25) is 0 Å². The molecule has 8 heteroatoms. The topological polar surface area (TPSA) is 123 Å². The number of rotatable bonds is 3. The first-order valence-electron chi connectivity index (χ1n) is 4.83. The summed E-state index contributed by atoms with van der Waals surface area (Å²) in [6.45, 7) is 1.09. The molecule has 3 N–H and O–H groups in total. The molecule has 5 atom stereocenters. The summed E-state index contributed by atoms with van der Waals surface area (Å²) in [5.41, 5.74) is 0. The molecule has 3 unspecified atom stereocenters. The van der Waals surface area contributed by atoms with Gasteiger partial charge in [0.05, 0.1) is 0 Å². The normalized spacial score (nSPS) is 37.5. The van der Waals surface area contributed by atoms with Gasteiger partial charge in [0.15, 0.2) is 18.5 Å². The van der Waals surface area contributed by atoms with Crippen LogP contribution in [0.3, 0.4) is 0 Å². The highest BCUT2D eigenvalue weighted by atomic mass is 16.7. The molecule has 1 aliphatic heterocycles. The van der Waals surface area contributed by atoms with Crippen LogP contribution in [0.15, 0.2) is 0 Å². The monoisotopic (exact) mass is 250 g/mol. The lowest BCUT2D eigenvalue weighted by Gasteiger charge is -2.39. The molecule has 1 aliphatic rings. The largest absolute Gasteiger partial charge is 0.479 e. The molecule has 0 aromatic heterocycles. The number of ether oxygens (including phenoxy) is 3. The summed E-state index contributed by atoms with van der Waals surface area (Å²) >= 11 is 0. The van der Waals surface area contributed by atoms with E-state index in [0.29, 0.717) is 0 Å². The van der Waals surface area contributed by atoms with E-state index in [4.69, 9.17) is 14.6 Å². The SMILES string of the molecule is CO[C@@H]1C(C(=O)O)OC(O)[C@@H](O)C1OC(C)=O. The number of methoxy groups -OCH3 is 1. The molecule has 0 amide bonds. The van der Waals surface area contributed by atoms with Crippen molar-refractivity contribution in [2.45, 2.75) is 37.6 Å². The Labute approximate surface area is 96.7 Å². The van der Waals surface area contributed by atoms with Gasteiger partial charge in [0.1, 0.15) is 12.2 Å². The van der Waals surface area contributed by atoms with Gasteiger partial charge in [-0.15, -0.1) is 0 Å². The zero-order valence-electron chi connectivity index (χ0n) is 9.27. The molecule has 98 valence electrons. The van der Waals surface area contributed by atoms with E-state index in [-0.39, 0.29) is 0 Å². The molecule has 0 aliphatic carbocycles. The fraction of sp³-hybridized carbons (Fsp3) is 0.778. The van der Waals surface area contributed by atoms with Crippen LogP contribution in [0.5, 0.6) is 0 Å². The Balaban J connectivity index is 2.94. The van der Waals surface area contributed by atoms with Crippen LogP contribution in [0.1, 0.15) is 6.92 Å². The molecule has 1 heterocycles. The van der Waals surface area contributed by atoms with E-state index in [1.54, 1.807) is 0 Å². The zero-order chi connectivity index (χ0) is 13.2. The highest BCUT2D eigenvalue weighted by molar-refractivity contribution is 5.73. The third kappa shape index (κ3) is 2.91. The highest BCUT2D eigenvalue weighted by Gasteiger charge is 2.50. The second-order valence-electron chi connectivity index (χ2n) is 3.55. The van der Waals surface area contributed by atoms with Crippen molar-refractivity contribution in [2.75, 3.05) is 7.11 Å². The fourth-order valence-electron chi connectivity index (χ4n) is 1.62. The molecule has 0 bridgehead atoms. The minimum atomic E-state index is -1.76. The Morgan fingerprint density at radius 3 is 2.24 bits per heavy atom. The highest BCUT2D eigenvalue weighted by Crippen LogP contribution is 2.24. The number of carboxylic acids is 1. The van der Waals surface area contributed by atoms with Crippen LogP contribution < -0.4 is 0 Å². The molecule has 1 saturated heterocycles. The molecule has 0 radical (unpaired) electrons. The van der Waals surface area contributed by atoms with Crippen LogP contribution in [-0.4, -0.2) is 65.1 Å². The molecule has 0 saturated carbocycles. The van der Waals surface area contributed by atoms with E-state index in [1.165, 1.54) is 7.11 Å². The summed E-state index contributed by atoms with van der Waals surface area (Å²) in [5.74, 6) is -2.12. The Morgan fingerprint density at radius 2 is 1.82 bits per heavy atom. The number of aliphatic hydroxyl groups excluding tert-OH is 2. The molecule has 0 aromatic carbocycles. The lowest BCUT2D eigenvalue weighted by molar-refractivity contribution is -0.286. The third-order valence-electron chi connectivity index (χ3n) is 2.35. The standard InChI is InChI=1S/C9H14O8/c1-3(10)16-5-4(11)9(14)17-7(8(12)13)6(5)15-2/h4-7,9,11,14H,1-2H3,(H,12,13)/t4-,5?,6-,7?,9?/m0/s1. The van der Waals surface area contributed by atoms with Crippen LogP contribution in [0.4, 0.5) is 0 Å². The molecular weight excluding hydrogens is 236 g/mol. The van der Waals surface area contributed by atoms with Gasteiger partial charge < -0.3 is 29.5 Å². The van der Waals surface area contributed by atoms with Crippen LogP contribution in [-0.2, 0) is 23.8 Å². The lowest BCUT2D eigenvalue weighted by atomic mass is 9.98. The Morgan fingerprint density at radius 1 is 1.24 bits per heavy atom. The van der Waals surface area contributed by atoms with Gasteiger partial charge in [-0.2, -0.15) is 0 Å². The van der Waals surface area contributed by atoms with Crippen molar-refractivity contribution in [2.24, 2.45) is 0 Å². The summed E-state index contributed by atoms with van der Waals surface area (Å²) in [5, 5.41) is 27.7. The van der Waals surface area contributed by atoms with Crippen molar-refractivity contribution >= 4 is 11.9 Å². The van der Waals surface area contributed by atoms with Gasteiger partial charge in [-0.3, -0.25) is 4.79 Å². The number of aliphatic hydroxyl groups is 2. The van der Waals surface area contributed by atoms with Gasteiger partial charge in [-0.1, -0.05) is 0 Å². The summed E-state index contributed by atoms with van der Waals surface area (Å²) in [6.07, 6.45) is -7.36. The number of carbonyl (C=O) groups is 2. The van der Waals surface area contributed by atoms with E-state index in [0.717, 1.165) is 6.92 Å². The number of aliphatic carboxylic acids is 1. The fourth-order valence-corrected chi connectivity index (χ4v) is 1.62. The average molecular weight is 250 g/mol. The first-order valence-corrected chi connectivity index (χ1v) is 4.83. The third-order valence-corrected chi connectivity index (χ3v) is 2.35. The van der Waals surface area contributed by atoms with E-state index in [1.807, 2.05) is 0 Å². The maximum absolute atomic E-state index is 10.9. The maximum Gasteiger partial charge on any atom is 0.335 e. The van der Waals surface area contributed by atoms with Gasteiger partial charge in [0.2, 0.25) is 0 Å². The molecule has 17 heavy (non-hydrogen) atoms. The summed E-state index contributed by atoms with van der Waals surface area (Å²) in [6, 6.07) is 0. The Hall–Kier alpha value is -1.22. The molecule has 0 aromatic rings. The van der Waals surface area contributed by atoms with Crippen LogP contribution in [0, 0.1) is 0 Å². The van der Waals surface area contributed by atoms with Gasteiger partial charge >= 0.3 is 11.9 Å². The second-order valence-corrected chi connectivity index (χ2v) is 3.55.